The maximum absolute atomic E-state index is 14.8. The lowest BCUT2D eigenvalue weighted by Crippen LogP contribution is -2.43. The maximum Gasteiger partial charge on any atom is 0.238 e. The molecule has 11 rings (SSSR count). The van der Waals surface area contributed by atoms with E-state index in [-0.39, 0.29) is 36.2 Å². The summed E-state index contributed by atoms with van der Waals surface area (Å²) in [4.78, 5) is 70.1. The van der Waals surface area contributed by atoms with E-state index in [9.17, 15) is 24.3 Å². The summed E-state index contributed by atoms with van der Waals surface area (Å²) in [7, 11) is 2.93. The van der Waals surface area contributed by atoms with E-state index in [0.29, 0.717) is 73.4 Å². The second kappa shape index (κ2) is 13.8. The maximum atomic E-state index is 14.8. The van der Waals surface area contributed by atoms with Crippen molar-refractivity contribution < 1.29 is 42.6 Å². The summed E-state index contributed by atoms with van der Waals surface area (Å²) in [5.74, 6) is -5.14. The van der Waals surface area contributed by atoms with Crippen LogP contribution in [0.2, 0.25) is 0 Å². The lowest BCUT2D eigenvalue weighted by atomic mass is 9.57. The number of rotatable bonds is 7. The molecule has 4 aliphatic rings. The zero-order chi connectivity index (χ0) is 41.7. The van der Waals surface area contributed by atoms with Crippen molar-refractivity contribution in [3.05, 3.63) is 126 Å². The molecular weight excluding hydrogens is 777 g/mol. The Labute approximate surface area is 347 Å². The van der Waals surface area contributed by atoms with Crippen molar-refractivity contribution in [3.8, 4) is 40.2 Å². The number of nitrogens with zero attached hydrogens (tertiary/aromatic N) is 4. The van der Waals surface area contributed by atoms with E-state index in [2.05, 4.69) is 9.97 Å². The van der Waals surface area contributed by atoms with E-state index >= 15 is 0 Å². The quantitative estimate of drug-likeness (QED) is 0.122. The molecule has 302 valence electrons. The number of methoxy groups -OCH3 is 2. The van der Waals surface area contributed by atoms with Gasteiger partial charge in [-0.25, -0.2) is 9.97 Å². The van der Waals surface area contributed by atoms with Crippen LogP contribution in [0, 0.1) is 29.6 Å². The molecule has 0 spiro atoms. The summed E-state index contributed by atoms with van der Waals surface area (Å²) in [5.41, 5.74) is 5.85. The molecule has 61 heavy (non-hydrogen) atoms. The number of imide groups is 2. The van der Waals surface area contributed by atoms with Crippen LogP contribution >= 0.6 is 0 Å². The van der Waals surface area contributed by atoms with Gasteiger partial charge in [0.1, 0.15) is 28.3 Å². The van der Waals surface area contributed by atoms with E-state index in [0.717, 1.165) is 0 Å². The molecule has 7 aromatic rings. The van der Waals surface area contributed by atoms with Crippen LogP contribution in [-0.4, -0.2) is 52.9 Å². The summed E-state index contributed by atoms with van der Waals surface area (Å²) in [5, 5.41) is 11.7. The minimum Gasteiger partial charge on any atom is -0.507 e. The number of allylic oxidation sites excluding steroid dienone is 2. The van der Waals surface area contributed by atoms with Crippen LogP contribution in [0.25, 0.3) is 45.1 Å². The number of oxazole rings is 2. The molecule has 5 aromatic carbocycles. The number of carbonyl (C=O) groups is 4. The number of aromatic hydroxyl groups is 1. The van der Waals surface area contributed by atoms with Crippen LogP contribution in [0.1, 0.15) is 24.3 Å². The number of benzene rings is 5. The first-order valence-electron chi connectivity index (χ1n) is 20.0. The van der Waals surface area contributed by atoms with Crippen molar-refractivity contribution in [1.29, 1.82) is 0 Å². The SMILES string of the molecule is COc1cc(O)c([C@H]2C3=CC[C@@H]4C(=O)N(c5ccc(-c6nc7ccccc7o6)cc5)C(=O)[C@@H]4[C@@H]3C[C@H]3C(=O)N(c4ccc(-c5nc6ccccc6o5)cc4)C(=O)[C@@H]23)c(OC)c1. The minimum atomic E-state index is -0.945. The molecule has 1 saturated carbocycles. The van der Waals surface area contributed by atoms with Crippen LogP contribution < -0.4 is 19.3 Å². The third-order valence-corrected chi connectivity index (χ3v) is 12.8. The number of phenolic OH excluding ortho intramolecular Hbond substituents is 1. The van der Waals surface area contributed by atoms with E-state index in [1.807, 2.05) is 54.6 Å². The van der Waals surface area contributed by atoms with Gasteiger partial charge in [0.25, 0.3) is 0 Å². The van der Waals surface area contributed by atoms with E-state index < -0.39 is 47.3 Å². The number of phenols is 1. The van der Waals surface area contributed by atoms with Crippen molar-refractivity contribution in [2.75, 3.05) is 24.0 Å². The average Bonchev–Trinajstić information content (AvgIpc) is 4.04. The molecule has 6 atom stereocenters. The third kappa shape index (κ3) is 5.53. The van der Waals surface area contributed by atoms with Crippen LogP contribution in [0.5, 0.6) is 17.2 Å². The average molecular weight is 813 g/mol. The minimum absolute atomic E-state index is 0.152. The number of hydrogen-bond acceptors (Lipinski definition) is 11. The second-order valence-corrected chi connectivity index (χ2v) is 15.9. The lowest BCUT2D eigenvalue weighted by molar-refractivity contribution is -0.126. The Bertz CT molecular complexity index is 2940. The molecule has 2 aliphatic carbocycles. The summed E-state index contributed by atoms with van der Waals surface area (Å²) in [6.07, 6.45) is 2.31. The Balaban J connectivity index is 0.955. The number of para-hydroxylation sites is 4. The zero-order valence-electron chi connectivity index (χ0n) is 32.9. The fraction of sp³-hybridized carbons (Fsp3) is 0.208. The predicted octanol–water partition coefficient (Wildman–Crippen LogP) is 8.07. The van der Waals surface area contributed by atoms with Gasteiger partial charge in [0.15, 0.2) is 11.2 Å². The Morgan fingerprint density at radius 3 is 1.70 bits per heavy atom. The van der Waals surface area contributed by atoms with Gasteiger partial charge in [0.05, 0.1) is 49.3 Å². The monoisotopic (exact) mass is 812 g/mol. The normalized spacial score (nSPS) is 23.3. The van der Waals surface area contributed by atoms with Gasteiger partial charge in [0.2, 0.25) is 35.4 Å². The summed E-state index contributed by atoms with van der Waals surface area (Å²) in [6, 6.07) is 31.8. The molecule has 13 heteroatoms. The number of fused-ring (bicyclic) bond motifs is 6. The highest BCUT2D eigenvalue weighted by molar-refractivity contribution is 6.24. The highest BCUT2D eigenvalue weighted by atomic mass is 16.5. The Kier molecular flexibility index (Phi) is 8.24. The molecule has 2 aliphatic heterocycles. The number of hydrogen-bond donors (Lipinski definition) is 1. The first kappa shape index (κ1) is 36.5. The van der Waals surface area contributed by atoms with E-state index in [4.69, 9.17) is 18.3 Å². The van der Waals surface area contributed by atoms with Gasteiger partial charge in [-0.1, -0.05) is 35.9 Å². The van der Waals surface area contributed by atoms with Crippen molar-refractivity contribution in [2.24, 2.45) is 29.6 Å². The van der Waals surface area contributed by atoms with Crippen molar-refractivity contribution in [3.63, 3.8) is 0 Å². The van der Waals surface area contributed by atoms with Gasteiger partial charge in [-0.2, -0.15) is 0 Å². The Hall–Kier alpha value is -7.54. The van der Waals surface area contributed by atoms with Gasteiger partial charge in [-0.3, -0.25) is 29.0 Å². The zero-order valence-corrected chi connectivity index (χ0v) is 32.9. The molecule has 0 unspecified atom stereocenters. The van der Waals surface area contributed by atoms with Crippen LogP contribution in [0.3, 0.4) is 0 Å². The van der Waals surface area contributed by atoms with Crippen molar-refractivity contribution in [1.82, 2.24) is 9.97 Å². The van der Waals surface area contributed by atoms with Crippen LogP contribution in [0.4, 0.5) is 11.4 Å². The molecule has 3 fully saturated rings. The summed E-state index contributed by atoms with van der Waals surface area (Å²) >= 11 is 0. The molecule has 2 saturated heterocycles. The number of amides is 4. The Morgan fingerprint density at radius 1 is 0.623 bits per heavy atom. The van der Waals surface area contributed by atoms with Gasteiger partial charge >= 0.3 is 0 Å². The Morgan fingerprint density at radius 2 is 1.16 bits per heavy atom. The number of anilines is 2. The standard InChI is InChI=1S/C48H36N4O9/c1-58-28-21-35(53)42(38(22-28)59-2)40-29-19-20-30-39(47(56)51(45(30)54)26-15-11-24(12-16-26)43-49-33-7-3-5-9-36(33)60-43)31(29)23-32-41(40)48(57)52(46(32)55)27-17-13-25(14-18-27)44-50-34-8-4-6-10-37(34)61-44/h3-19,21-22,30-32,39-41,53H,20,23H2,1-2H3/t30-,31+,32+,39-,40-,41+/m0/s1. The molecule has 4 amide bonds. The molecule has 13 nitrogen and oxygen atoms in total. The molecule has 0 bridgehead atoms. The fourth-order valence-electron chi connectivity index (χ4n) is 10.1. The van der Waals surface area contributed by atoms with Crippen LogP contribution in [0.15, 0.2) is 130 Å². The van der Waals surface area contributed by atoms with Gasteiger partial charge < -0.3 is 23.4 Å². The number of aromatic nitrogens is 2. The first-order chi connectivity index (χ1) is 29.7. The molecule has 2 aromatic heterocycles. The van der Waals surface area contributed by atoms with Crippen molar-refractivity contribution >= 4 is 57.2 Å². The topological polar surface area (TPSA) is 166 Å². The highest BCUT2D eigenvalue weighted by Gasteiger charge is 2.63. The van der Waals surface area contributed by atoms with E-state index in [1.165, 1.54) is 30.1 Å². The predicted molar refractivity (Wildman–Crippen MR) is 223 cm³/mol. The molecule has 0 radical (unpaired) electrons. The second-order valence-electron chi connectivity index (χ2n) is 15.9. The lowest BCUT2D eigenvalue weighted by Gasteiger charge is -2.44. The number of ether oxygens (including phenoxy) is 2. The van der Waals surface area contributed by atoms with Crippen molar-refractivity contribution in [2.45, 2.75) is 18.8 Å². The van der Waals surface area contributed by atoms with E-state index in [1.54, 1.807) is 54.6 Å². The molecule has 4 heterocycles. The third-order valence-electron chi connectivity index (χ3n) is 12.8. The summed E-state index contributed by atoms with van der Waals surface area (Å²) < 4.78 is 23.2. The highest BCUT2D eigenvalue weighted by Crippen LogP contribution is 2.61. The van der Waals surface area contributed by atoms with Gasteiger partial charge in [0, 0.05) is 34.7 Å². The fourth-order valence-corrected chi connectivity index (χ4v) is 10.1. The smallest absolute Gasteiger partial charge is 0.238 e. The molecular formula is C48H36N4O9. The summed E-state index contributed by atoms with van der Waals surface area (Å²) in [6.45, 7) is 0. The first-order valence-corrected chi connectivity index (χ1v) is 20.0. The largest absolute Gasteiger partial charge is 0.507 e. The van der Waals surface area contributed by atoms with Gasteiger partial charge in [-0.15, -0.1) is 0 Å². The van der Waals surface area contributed by atoms with Crippen LogP contribution in [-0.2, 0) is 19.2 Å². The number of carbonyl (C=O) groups excluding carboxylic acids is 4. The van der Waals surface area contributed by atoms with Gasteiger partial charge in [-0.05, 0) is 91.6 Å². The molecule has 1 N–H and O–H groups in total.